The highest BCUT2D eigenvalue weighted by Gasteiger charge is 2.07. The van der Waals surface area contributed by atoms with E-state index in [1.165, 1.54) is 6.08 Å². The van der Waals surface area contributed by atoms with Crippen LogP contribution < -0.4 is 0 Å². The Hall–Kier alpha value is -1.57. The third-order valence-electron chi connectivity index (χ3n) is 2.67. The van der Waals surface area contributed by atoms with Crippen LogP contribution in [0.4, 0.5) is 0 Å². The third kappa shape index (κ3) is 3.69. The first-order valence-corrected chi connectivity index (χ1v) is 6.56. The molecule has 0 heterocycles. The summed E-state index contributed by atoms with van der Waals surface area (Å²) in [7, 11) is 0. The molecule has 96 valence electrons. The molecular weight excluding hydrogens is 279 g/mol. The Labute approximate surface area is 122 Å². The summed E-state index contributed by atoms with van der Waals surface area (Å²) >= 11 is 11.8. The third-order valence-corrected chi connectivity index (χ3v) is 3.21. The second-order valence-corrected chi connectivity index (χ2v) is 5.08. The van der Waals surface area contributed by atoms with Gasteiger partial charge in [-0.3, -0.25) is 4.79 Å². The molecule has 0 saturated heterocycles. The minimum absolute atomic E-state index is 0.136. The maximum Gasteiger partial charge on any atom is 0.187 e. The van der Waals surface area contributed by atoms with Crippen LogP contribution in [0, 0.1) is 6.92 Å². The van der Waals surface area contributed by atoms with Crippen LogP contribution in [0.25, 0.3) is 6.08 Å². The predicted octanol–water partition coefficient (Wildman–Crippen LogP) is 5.20. The van der Waals surface area contributed by atoms with Gasteiger partial charge in [-0.2, -0.15) is 0 Å². The molecular formula is C16H12Cl2O. The fraction of sp³-hybridized carbons (Fsp3) is 0.0625. The molecule has 0 unspecified atom stereocenters. The van der Waals surface area contributed by atoms with E-state index in [0.29, 0.717) is 15.6 Å². The fourth-order valence-corrected chi connectivity index (χ4v) is 2.23. The summed E-state index contributed by atoms with van der Waals surface area (Å²) in [5.74, 6) is -0.136. The van der Waals surface area contributed by atoms with E-state index in [1.54, 1.807) is 24.3 Å². The number of halogens is 2. The standard InChI is InChI=1S/C16H12Cl2O/c1-11-3-2-4-12(9-11)5-8-16(19)14-7-6-13(17)10-15(14)18/h2-10H,1H3/b8-5+. The van der Waals surface area contributed by atoms with Crippen LogP contribution in [0.15, 0.2) is 48.5 Å². The lowest BCUT2D eigenvalue weighted by Gasteiger charge is -2.00. The average Bonchev–Trinajstić information content (AvgIpc) is 2.36. The van der Waals surface area contributed by atoms with Crippen molar-refractivity contribution < 1.29 is 4.79 Å². The Morgan fingerprint density at radius 2 is 1.89 bits per heavy atom. The van der Waals surface area contributed by atoms with Crippen molar-refractivity contribution in [2.45, 2.75) is 6.92 Å². The quantitative estimate of drug-likeness (QED) is 0.561. The van der Waals surface area contributed by atoms with Gasteiger partial charge in [-0.15, -0.1) is 0 Å². The molecule has 0 bridgehead atoms. The van der Waals surface area contributed by atoms with Gasteiger partial charge in [-0.25, -0.2) is 0 Å². The lowest BCUT2D eigenvalue weighted by molar-refractivity contribution is 0.104. The van der Waals surface area contributed by atoms with Crippen molar-refractivity contribution in [3.63, 3.8) is 0 Å². The Morgan fingerprint density at radius 3 is 2.58 bits per heavy atom. The Morgan fingerprint density at radius 1 is 1.11 bits per heavy atom. The largest absolute Gasteiger partial charge is 0.289 e. The normalized spacial score (nSPS) is 10.9. The molecule has 0 N–H and O–H groups in total. The van der Waals surface area contributed by atoms with Crippen molar-refractivity contribution in [1.29, 1.82) is 0 Å². The summed E-state index contributed by atoms with van der Waals surface area (Å²) in [6, 6.07) is 12.8. The summed E-state index contributed by atoms with van der Waals surface area (Å²) in [5, 5.41) is 0.885. The Balaban J connectivity index is 2.21. The van der Waals surface area contributed by atoms with Gasteiger partial charge in [0, 0.05) is 10.6 Å². The minimum atomic E-state index is -0.136. The van der Waals surface area contributed by atoms with Crippen LogP contribution in [0.1, 0.15) is 21.5 Å². The maximum atomic E-state index is 12.0. The van der Waals surface area contributed by atoms with E-state index < -0.39 is 0 Å². The first kappa shape index (κ1) is 13.9. The zero-order valence-corrected chi connectivity index (χ0v) is 11.9. The Bertz CT molecular complexity index is 645. The van der Waals surface area contributed by atoms with E-state index in [9.17, 15) is 4.79 Å². The molecule has 2 aromatic carbocycles. The summed E-state index contributed by atoms with van der Waals surface area (Å²) in [6.45, 7) is 2.01. The monoisotopic (exact) mass is 290 g/mol. The first-order valence-electron chi connectivity index (χ1n) is 5.80. The van der Waals surface area contributed by atoms with Gasteiger partial charge in [0.15, 0.2) is 5.78 Å². The molecule has 2 aromatic rings. The summed E-state index contributed by atoms with van der Waals surface area (Å²) in [5.41, 5.74) is 2.59. The molecule has 0 aliphatic rings. The summed E-state index contributed by atoms with van der Waals surface area (Å²) < 4.78 is 0. The highest BCUT2D eigenvalue weighted by Crippen LogP contribution is 2.21. The van der Waals surface area contributed by atoms with Gasteiger partial charge < -0.3 is 0 Å². The lowest BCUT2D eigenvalue weighted by Crippen LogP contribution is -1.95. The summed E-state index contributed by atoms with van der Waals surface area (Å²) in [6.07, 6.45) is 3.30. The number of ketones is 1. The van der Waals surface area contributed by atoms with E-state index in [4.69, 9.17) is 23.2 Å². The van der Waals surface area contributed by atoms with E-state index in [2.05, 4.69) is 0 Å². The number of rotatable bonds is 3. The summed E-state index contributed by atoms with van der Waals surface area (Å²) in [4.78, 5) is 12.0. The lowest BCUT2D eigenvalue weighted by atomic mass is 10.1. The van der Waals surface area contributed by atoms with Gasteiger partial charge in [0.05, 0.1) is 5.02 Å². The van der Waals surface area contributed by atoms with Crippen molar-refractivity contribution in [3.8, 4) is 0 Å². The van der Waals surface area contributed by atoms with E-state index in [1.807, 2.05) is 31.2 Å². The molecule has 0 aromatic heterocycles. The molecule has 0 amide bonds. The number of hydrogen-bond acceptors (Lipinski definition) is 1. The molecule has 0 aliphatic heterocycles. The molecule has 3 heteroatoms. The van der Waals surface area contributed by atoms with E-state index in [0.717, 1.165) is 11.1 Å². The second-order valence-electron chi connectivity index (χ2n) is 4.24. The minimum Gasteiger partial charge on any atom is -0.289 e. The van der Waals surface area contributed by atoms with E-state index in [-0.39, 0.29) is 5.78 Å². The van der Waals surface area contributed by atoms with Crippen molar-refractivity contribution in [1.82, 2.24) is 0 Å². The average molecular weight is 291 g/mol. The van der Waals surface area contributed by atoms with Gasteiger partial charge in [0.2, 0.25) is 0 Å². The topological polar surface area (TPSA) is 17.1 Å². The van der Waals surface area contributed by atoms with Crippen LogP contribution in [-0.4, -0.2) is 5.78 Å². The first-order chi connectivity index (χ1) is 9.06. The predicted molar refractivity (Wildman–Crippen MR) is 81.0 cm³/mol. The van der Waals surface area contributed by atoms with Gasteiger partial charge >= 0.3 is 0 Å². The van der Waals surface area contributed by atoms with Gasteiger partial charge in [0.25, 0.3) is 0 Å². The molecule has 0 aliphatic carbocycles. The van der Waals surface area contributed by atoms with Crippen LogP contribution in [0.5, 0.6) is 0 Å². The Kier molecular flexibility index (Phi) is 4.41. The zero-order valence-electron chi connectivity index (χ0n) is 10.4. The number of aryl methyl sites for hydroxylation is 1. The van der Waals surface area contributed by atoms with E-state index >= 15 is 0 Å². The number of carbonyl (C=O) groups is 1. The van der Waals surface area contributed by atoms with Gasteiger partial charge in [0.1, 0.15) is 0 Å². The van der Waals surface area contributed by atoms with Crippen molar-refractivity contribution in [3.05, 3.63) is 75.3 Å². The number of allylic oxidation sites excluding steroid dienone is 1. The van der Waals surface area contributed by atoms with Crippen molar-refractivity contribution >= 4 is 35.1 Å². The SMILES string of the molecule is Cc1cccc(/C=C/C(=O)c2ccc(Cl)cc2Cl)c1. The van der Waals surface area contributed by atoms with Crippen molar-refractivity contribution in [2.75, 3.05) is 0 Å². The highest BCUT2D eigenvalue weighted by molar-refractivity contribution is 6.37. The van der Waals surface area contributed by atoms with Crippen LogP contribution >= 0.6 is 23.2 Å². The molecule has 2 rings (SSSR count). The number of benzene rings is 2. The molecule has 0 atom stereocenters. The van der Waals surface area contributed by atoms with Gasteiger partial charge in [-0.05, 0) is 36.8 Å². The fourth-order valence-electron chi connectivity index (χ4n) is 1.72. The van der Waals surface area contributed by atoms with Crippen LogP contribution in [0.3, 0.4) is 0 Å². The molecule has 0 spiro atoms. The molecule has 1 nitrogen and oxygen atoms in total. The van der Waals surface area contributed by atoms with Crippen LogP contribution in [-0.2, 0) is 0 Å². The number of carbonyl (C=O) groups excluding carboxylic acids is 1. The van der Waals surface area contributed by atoms with Crippen molar-refractivity contribution in [2.24, 2.45) is 0 Å². The number of hydrogen-bond donors (Lipinski definition) is 0. The molecule has 19 heavy (non-hydrogen) atoms. The smallest absolute Gasteiger partial charge is 0.187 e. The molecule has 0 saturated carbocycles. The highest BCUT2D eigenvalue weighted by atomic mass is 35.5. The van der Waals surface area contributed by atoms with Gasteiger partial charge in [-0.1, -0.05) is 59.1 Å². The molecule has 0 fully saturated rings. The zero-order chi connectivity index (χ0) is 13.8. The van der Waals surface area contributed by atoms with Crippen LogP contribution in [0.2, 0.25) is 10.0 Å². The second kappa shape index (κ2) is 6.05. The maximum absolute atomic E-state index is 12.0. The molecule has 0 radical (unpaired) electrons.